The molecule has 1 aliphatic rings. The Hall–Kier alpha value is -2.83. The van der Waals surface area contributed by atoms with Crippen molar-refractivity contribution in [3.8, 4) is 0 Å². The zero-order valence-electron chi connectivity index (χ0n) is 13.1. The van der Waals surface area contributed by atoms with E-state index in [2.05, 4.69) is 10.6 Å². The first-order chi connectivity index (χ1) is 11.8. The second kappa shape index (κ2) is 6.58. The Labute approximate surface area is 142 Å². The van der Waals surface area contributed by atoms with Crippen molar-refractivity contribution in [2.75, 3.05) is 10.6 Å². The molecule has 0 aliphatic heterocycles. The lowest BCUT2D eigenvalue weighted by Gasteiger charge is -2.16. The second-order valence-electron chi connectivity index (χ2n) is 5.84. The molecular formula is C18H15F3N2O2. The Balaban J connectivity index is 1.85. The van der Waals surface area contributed by atoms with Gasteiger partial charge in [0.15, 0.2) is 0 Å². The lowest BCUT2D eigenvalue weighted by Crippen LogP contribution is -2.18. The summed E-state index contributed by atoms with van der Waals surface area (Å²) in [5.74, 6) is -1.04. The maximum absolute atomic E-state index is 13.3. The number of benzene rings is 2. The number of amides is 2. The van der Waals surface area contributed by atoms with E-state index in [9.17, 15) is 22.8 Å². The number of halogens is 3. The SMILES string of the molecule is O=C(Nc1ccc(NC(=O)C2CC2)cc1C(F)(F)F)c1ccccc1. The third-order valence-electron chi connectivity index (χ3n) is 3.82. The molecule has 0 bridgehead atoms. The average molecular weight is 348 g/mol. The maximum atomic E-state index is 13.3. The highest BCUT2D eigenvalue weighted by atomic mass is 19.4. The molecule has 4 nitrogen and oxygen atoms in total. The van der Waals surface area contributed by atoms with E-state index in [1.165, 1.54) is 18.2 Å². The first-order valence-corrected chi connectivity index (χ1v) is 7.73. The number of rotatable bonds is 4. The van der Waals surface area contributed by atoms with Gasteiger partial charge in [0.05, 0.1) is 11.3 Å². The van der Waals surface area contributed by atoms with E-state index in [4.69, 9.17) is 0 Å². The molecule has 1 aliphatic carbocycles. The van der Waals surface area contributed by atoms with Gasteiger partial charge in [0.1, 0.15) is 0 Å². The summed E-state index contributed by atoms with van der Waals surface area (Å²) in [6.45, 7) is 0. The lowest BCUT2D eigenvalue weighted by molar-refractivity contribution is -0.137. The molecule has 2 aromatic rings. The molecule has 0 radical (unpaired) electrons. The Bertz CT molecular complexity index is 800. The molecule has 0 spiro atoms. The van der Waals surface area contributed by atoms with Crippen molar-refractivity contribution in [3.63, 3.8) is 0 Å². The highest BCUT2D eigenvalue weighted by Crippen LogP contribution is 2.37. The Morgan fingerprint density at radius 2 is 1.64 bits per heavy atom. The predicted molar refractivity (Wildman–Crippen MR) is 87.2 cm³/mol. The second-order valence-corrected chi connectivity index (χ2v) is 5.84. The van der Waals surface area contributed by atoms with E-state index in [-0.39, 0.29) is 28.8 Å². The molecule has 0 atom stereocenters. The summed E-state index contributed by atoms with van der Waals surface area (Å²) in [6, 6.07) is 11.3. The number of carbonyl (C=O) groups is 2. The van der Waals surface area contributed by atoms with Gasteiger partial charge in [0.2, 0.25) is 5.91 Å². The van der Waals surface area contributed by atoms with Gasteiger partial charge in [0, 0.05) is 17.2 Å². The van der Waals surface area contributed by atoms with Crippen LogP contribution in [0.1, 0.15) is 28.8 Å². The monoisotopic (exact) mass is 348 g/mol. The third kappa shape index (κ3) is 4.17. The number of hydrogen-bond donors (Lipinski definition) is 2. The van der Waals surface area contributed by atoms with Crippen molar-refractivity contribution in [2.45, 2.75) is 19.0 Å². The number of nitrogens with one attached hydrogen (secondary N) is 2. The minimum absolute atomic E-state index is 0.0573. The van der Waals surface area contributed by atoms with E-state index < -0.39 is 17.6 Å². The molecule has 1 saturated carbocycles. The fourth-order valence-corrected chi connectivity index (χ4v) is 2.34. The molecule has 2 amide bonds. The van der Waals surface area contributed by atoms with Crippen molar-refractivity contribution >= 4 is 23.2 Å². The fourth-order valence-electron chi connectivity index (χ4n) is 2.34. The highest BCUT2D eigenvalue weighted by Gasteiger charge is 2.35. The van der Waals surface area contributed by atoms with Crippen molar-refractivity contribution in [2.24, 2.45) is 5.92 Å². The van der Waals surface area contributed by atoms with Gasteiger partial charge < -0.3 is 10.6 Å². The van der Waals surface area contributed by atoms with Gasteiger partial charge in [-0.1, -0.05) is 18.2 Å². The first-order valence-electron chi connectivity index (χ1n) is 7.73. The molecular weight excluding hydrogens is 333 g/mol. The average Bonchev–Trinajstić information content (AvgIpc) is 3.41. The Morgan fingerprint density at radius 1 is 0.960 bits per heavy atom. The number of carbonyl (C=O) groups excluding carboxylic acids is 2. The molecule has 2 N–H and O–H groups in total. The van der Waals surface area contributed by atoms with Gasteiger partial charge in [-0.25, -0.2) is 0 Å². The topological polar surface area (TPSA) is 58.2 Å². The third-order valence-corrected chi connectivity index (χ3v) is 3.82. The maximum Gasteiger partial charge on any atom is 0.418 e. The zero-order valence-corrected chi connectivity index (χ0v) is 13.1. The van der Waals surface area contributed by atoms with Gasteiger partial charge in [-0.15, -0.1) is 0 Å². The van der Waals surface area contributed by atoms with Crippen molar-refractivity contribution < 1.29 is 22.8 Å². The predicted octanol–water partition coefficient (Wildman–Crippen LogP) is 4.31. The van der Waals surface area contributed by atoms with Gasteiger partial charge in [-0.2, -0.15) is 13.2 Å². The molecule has 130 valence electrons. The van der Waals surface area contributed by atoms with Crippen molar-refractivity contribution in [1.29, 1.82) is 0 Å². The van der Waals surface area contributed by atoms with Crippen LogP contribution >= 0.6 is 0 Å². The Kier molecular flexibility index (Phi) is 4.48. The van der Waals surface area contributed by atoms with Crippen molar-refractivity contribution in [1.82, 2.24) is 0 Å². The van der Waals surface area contributed by atoms with Crippen LogP contribution in [0.5, 0.6) is 0 Å². The van der Waals surface area contributed by atoms with Crippen LogP contribution in [0.2, 0.25) is 0 Å². The van der Waals surface area contributed by atoms with Crippen LogP contribution in [0.25, 0.3) is 0 Å². The number of alkyl halides is 3. The van der Waals surface area contributed by atoms with Crippen molar-refractivity contribution in [3.05, 3.63) is 59.7 Å². The summed E-state index contributed by atoms with van der Waals surface area (Å²) < 4.78 is 40.0. The summed E-state index contributed by atoms with van der Waals surface area (Å²) in [5, 5.41) is 4.75. The minimum Gasteiger partial charge on any atom is -0.326 e. The molecule has 0 aromatic heterocycles. The van der Waals surface area contributed by atoms with Crippen LogP contribution in [0, 0.1) is 5.92 Å². The first kappa shape index (κ1) is 17.0. The fraction of sp³-hybridized carbons (Fsp3) is 0.222. The lowest BCUT2D eigenvalue weighted by atomic mass is 10.1. The summed E-state index contributed by atoms with van der Waals surface area (Å²) in [4.78, 5) is 23.8. The van der Waals surface area contributed by atoms with E-state index in [1.807, 2.05) is 0 Å². The van der Waals surface area contributed by atoms with Gasteiger partial charge in [-0.3, -0.25) is 9.59 Å². The molecule has 2 aromatic carbocycles. The van der Waals surface area contributed by atoms with Crippen LogP contribution in [0.4, 0.5) is 24.5 Å². The van der Waals surface area contributed by atoms with E-state index in [0.29, 0.717) is 0 Å². The van der Waals surface area contributed by atoms with E-state index >= 15 is 0 Å². The summed E-state index contributed by atoms with van der Waals surface area (Å²) >= 11 is 0. The molecule has 1 fully saturated rings. The molecule has 3 rings (SSSR count). The molecule has 25 heavy (non-hydrogen) atoms. The summed E-state index contributed by atoms with van der Waals surface area (Å²) in [7, 11) is 0. The van der Waals surface area contributed by atoms with Gasteiger partial charge >= 0.3 is 6.18 Å². The largest absolute Gasteiger partial charge is 0.418 e. The van der Waals surface area contributed by atoms with E-state index in [0.717, 1.165) is 25.0 Å². The minimum atomic E-state index is -4.67. The Morgan fingerprint density at radius 3 is 2.24 bits per heavy atom. The van der Waals surface area contributed by atoms with Crippen LogP contribution < -0.4 is 10.6 Å². The molecule has 0 saturated heterocycles. The highest BCUT2D eigenvalue weighted by molar-refractivity contribution is 6.05. The van der Waals surface area contributed by atoms with Gasteiger partial charge in [0.25, 0.3) is 5.91 Å². The van der Waals surface area contributed by atoms with E-state index in [1.54, 1.807) is 18.2 Å². The van der Waals surface area contributed by atoms with Gasteiger partial charge in [-0.05, 0) is 43.2 Å². The smallest absolute Gasteiger partial charge is 0.326 e. The zero-order chi connectivity index (χ0) is 18.0. The summed E-state index contributed by atoms with van der Waals surface area (Å²) in [5.41, 5.74) is -1.06. The molecule has 7 heteroatoms. The quantitative estimate of drug-likeness (QED) is 0.865. The normalized spacial score (nSPS) is 14.0. The molecule has 0 unspecified atom stereocenters. The number of hydrogen-bond acceptors (Lipinski definition) is 2. The van der Waals surface area contributed by atoms with Crippen LogP contribution in [-0.2, 0) is 11.0 Å². The van der Waals surface area contributed by atoms with Crippen LogP contribution in [0.15, 0.2) is 48.5 Å². The standard InChI is InChI=1S/C18H15F3N2O2/c19-18(20,21)14-10-13(22-16(24)12-6-7-12)8-9-15(14)23-17(25)11-4-2-1-3-5-11/h1-5,8-10,12H,6-7H2,(H,22,24)(H,23,25). The molecule has 0 heterocycles. The van der Waals surface area contributed by atoms with Crippen LogP contribution in [-0.4, -0.2) is 11.8 Å². The summed E-state index contributed by atoms with van der Waals surface area (Å²) in [6.07, 6.45) is -3.16. The number of anilines is 2. The van der Waals surface area contributed by atoms with Crippen LogP contribution in [0.3, 0.4) is 0 Å².